The Kier molecular flexibility index (Phi) is 10.9. The fraction of sp³-hybridized carbons (Fsp3) is 0.455. The van der Waals surface area contributed by atoms with Gasteiger partial charge in [0, 0.05) is 23.0 Å². The number of nitrogens with zero attached hydrogens (tertiary/aromatic N) is 4. The summed E-state index contributed by atoms with van der Waals surface area (Å²) in [7, 11) is 2.50. The number of carbonyl (C=O) groups excluding carboxylic acids is 4. The summed E-state index contributed by atoms with van der Waals surface area (Å²) in [5, 5.41) is 17.5. The predicted octanol–water partition coefficient (Wildman–Crippen LogP) is 6.26. The molecule has 3 unspecified atom stereocenters. The Morgan fingerprint density at radius 3 is 2.12 bits per heavy atom. The highest BCUT2D eigenvalue weighted by Gasteiger charge is 2.43. The number of amides is 4. The molecule has 60 heavy (non-hydrogen) atoms. The molecule has 5 N–H and O–H groups in total. The summed E-state index contributed by atoms with van der Waals surface area (Å²) >= 11 is 0. The number of imidazole rings is 2. The second-order valence-electron chi connectivity index (χ2n) is 16.6. The number of benzene rings is 3. The lowest BCUT2D eigenvalue weighted by Crippen LogP contribution is -2.54. The van der Waals surface area contributed by atoms with E-state index in [0.717, 1.165) is 74.8 Å². The van der Waals surface area contributed by atoms with Crippen molar-refractivity contribution in [2.45, 2.75) is 109 Å². The minimum Gasteiger partial charge on any atom is -0.488 e. The third-order valence-corrected chi connectivity index (χ3v) is 12.3. The zero-order chi connectivity index (χ0) is 42.6. The second kappa shape index (κ2) is 16.1. The van der Waals surface area contributed by atoms with Gasteiger partial charge in [-0.2, -0.15) is 0 Å². The van der Waals surface area contributed by atoms with Gasteiger partial charge < -0.3 is 49.7 Å². The monoisotopic (exact) mass is 820 g/mol. The van der Waals surface area contributed by atoms with E-state index in [1.54, 1.807) is 11.1 Å². The molecule has 0 radical (unpaired) electrons. The summed E-state index contributed by atoms with van der Waals surface area (Å²) < 4.78 is 15.9. The molecule has 3 aliphatic heterocycles. The van der Waals surface area contributed by atoms with E-state index in [9.17, 15) is 24.3 Å². The van der Waals surface area contributed by atoms with Crippen LogP contribution in [0.15, 0.2) is 48.7 Å². The number of hydrogen-bond acceptors (Lipinski definition) is 10. The van der Waals surface area contributed by atoms with E-state index in [2.05, 4.69) is 44.9 Å². The quantitative estimate of drug-likeness (QED) is 0.113. The molecule has 16 nitrogen and oxygen atoms in total. The van der Waals surface area contributed by atoms with Gasteiger partial charge in [0.25, 0.3) is 0 Å². The minimum atomic E-state index is -1.17. The molecular formula is C44H52N8O8. The Bertz CT molecular complexity index is 2480. The highest BCUT2D eigenvalue weighted by atomic mass is 16.5. The van der Waals surface area contributed by atoms with E-state index < -0.39 is 36.3 Å². The van der Waals surface area contributed by atoms with Crippen molar-refractivity contribution < 1.29 is 38.5 Å². The van der Waals surface area contributed by atoms with E-state index in [1.165, 1.54) is 21.1 Å². The first kappa shape index (κ1) is 40.6. The molecule has 3 aliphatic rings. The Hall–Kier alpha value is -6.16. The van der Waals surface area contributed by atoms with Crippen LogP contribution in [0.4, 0.5) is 9.59 Å². The largest absolute Gasteiger partial charge is 0.488 e. The van der Waals surface area contributed by atoms with Gasteiger partial charge in [-0.1, -0.05) is 32.0 Å². The number of nitrogens with one attached hydrogen (secondary N) is 4. The third kappa shape index (κ3) is 7.26. The van der Waals surface area contributed by atoms with Gasteiger partial charge in [-0.3, -0.25) is 9.59 Å². The molecule has 0 bridgehead atoms. The second-order valence-corrected chi connectivity index (χ2v) is 16.6. The zero-order valence-electron chi connectivity index (χ0n) is 34.9. The number of likely N-dealkylation sites (tertiary alicyclic amines) is 2. The molecule has 3 aromatic carbocycles. The SMILES string of the molecule is COC(=O)N[C@H](C(=O)N1C(c2ncc(-c3ccc4c(c3)COc3cc5c(ccc6[nH]c(C7CC[C@H](C)N7C(=O)[C@@H](NC(=O)OC)C(C)O)nc65)cc3-4)[nH]2)CC[C@@H]1C)C(C)C. The molecule has 0 saturated carbocycles. The number of carbonyl (C=O) groups is 4. The number of fused-ring (bicyclic) bond motifs is 6. The summed E-state index contributed by atoms with van der Waals surface area (Å²) in [6, 6.07) is 11.8. The van der Waals surface area contributed by atoms with Crippen molar-refractivity contribution in [2.75, 3.05) is 14.2 Å². The van der Waals surface area contributed by atoms with Crippen molar-refractivity contribution in [3.05, 3.63) is 65.9 Å². The fourth-order valence-corrected chi connectivity index (χ4v) is 9.13. The van der Waals surface area contributed by atoms with E-state index >= 15 is 0 Å². The van der Waals surface area contributed by atoms with Gasteiger partial charge in [-0.25, -0.2) is 19.6 Å². The van der Waals surface area contributed by atoms with E-state index in [4.69, 9.17) is 24.2 Å². The molecule has 316 valence electrons. The number of ether oxygens (including phenoxy) is 3. The van der Waals surface area contributed by atoms with Gasteiger partial charge in [0.05, 0.1) is 55.3 Å². The first-order valence-electron chi connectivity index (χ1n) is 20.6. The van der Waals surface area contributed by atoms with Crippen molar-refractivity contribution in [2.24, 2.45) is 5.92 Å². The minimum absolute atomic E-state index is 0.0233. The molecule has 7 atom stereocenters. The van der Waals surface area contributed by atoms with Crippen LogP contribution < -0.4 is 15.4 Å². The van der Waals surface area contributed by atoms with Crippen LogP contribution in [-0.2, 0) is 25.7 Å². The molecule has 2 aromatic heterocycles. The van der Waals surface area contributed by atoms with Crippen LogP contribution in [0, 0.1) is 5.92 Å². The number of methoxy groups -OCH3 is 2. The predicted molar refractivity (Wildman–Crippen MR) is 223 cm³/mol. The average molecular weight is 821 g/mol. The van der Waals surface area contributed by atoms with Gasteiger partial charge in [0.1, 0.15) is 36.1 Å². The van der Waals surface area contributed by atoms with Gasteiger partial charge in [0.15, 0.2) is 0 Å². The van der Waals surface area contributed by atoms with E-state index in [-0.39, 0.29) is 36.0 Å². The van der Waals surface area contributed by atoms with Crippen molar-refractivity contribution in [3.8, 4) is 28.1 Å². The van der Waals surface area contributed by atoms with Crippen molar-refractivity contribution in [3.63, 3.8) is 0 Å². The maximum Gasteiger partial charge on any atom is 0.407 e. The third-order valence-electron chi connectivity index (χ3n) is 12.3. The van der Waals surface area contributed by atoms with Gasteiger partial charge >= 0.3 is 12.2 Å². The van der Waals surface area contributed by atoms with Crippen molar-refractivity contribution >= 4 is 45.8 Å². The molecule has 0 spiro atoms. The van der Waals surface area contributed by atoms with Crippen LogP contribution in [0.3, 0.4) is 0 Å². The molecule has 2 saturated heterocycles. The van der Waals surface area contributed by atoms with Crippen LogP contribution in [0.2, 0.25) is 0 Å². The molecule has 8 rings (SSSR count). The molecule has 5 heterocycles. The summed E-state index contributed by atoms with van der Waals surface area (Å²) in [4.78, 5) is 72.1. The van der Waals surface area contributed by atoms with Crippen LogP contribution in [-0.4, -0.2) is 103 Å². The number of aromatic amines is 2. The Labute approximate surface area is 347 Å². The lowest BCUT2D eigenvalue weighted by atomic mass is 9.92. The van der Waals surface area contributed by atoms with Crippen LogP contribution >= 0.6 is 0 Å². The number of hydrogen-bond donors (Lipinski definition) is 5. The fourth-order valence-electron chi connectivity index (χ4n) is 9.13. The van der Waals surface area contributed by atoms with Gasteiger partial charge in [0.2, 0.25) is 11.8 Å². The lowest BCUT2D eigenvalue weighted by molar-refractivity contribution is -0.139. The van der Waals surface area contributed by atoms with Gasteiger partial charge in [-0.15, -0.1) is 0 Å². The number of aliphatic hydroxyl groups excluding tert-OH is 1. The summed E-state index contributed by atoms with van der Waals surface area (Å²) in [5.74, 6) is 1.38. The maximum absolute atomic E-state index is 13.9. The van der Waals surface area contributed by atoms with E-state index in [0.29, 0.717) is 24.7 Å². The molecule has 2 fully saturated rings. The number of rotatable bonds is 9. The Morgan fingerprint density at radius 1 is 0.817 bits per heavy atom. The lowest BCUT2D eigenvalue weighted by Gasteiger charge is -2.32. The zero-order valence-corrected chi connectivity index (χ0v) is 34.9. The average Bonchev–Trinajstić information content (AvgIpc) is 4.06. The first-order valence-corrected chi connectivity index (χ1v) is 20.6. The highest BCUT2D eigenvalue weighted by Crippen LogP contribution is 2.44. The van der Waals surface area contributed by atoms with Crippen LogP contribution in [0.1, 0.15) is 89.6 Å². The molecule has 0 aliphatic carbocycles. The number of aromatic nitrogens is 4. The number of H-pyrrole nitrogens is 2. The first-order chi connectivity index (χ1) is 28.8. The van der Waals surface area contributed by atoms with Crippen LogP contribution in [0.25, 0.3) is 44.2 Å². The van der Waals surface area contributed by atoms with E-state index in [1.807, 2.05) is 50.8 Å². The number of alkyl carbamates (subject to hydrolysis) is 2. The van der Waals surface area contributed by atoms with Crippen molar-refractivity contribution in [1.82, 2.24) is 40.4 Å². The molecule has 4 amide bonds. The maximum atomic E-state index is 13.9. The number of aliphatic hydroxyl groups is 1. The molecule has 5 aromatic rings. The van der Waals surface area contributed by atoms with Crippen LogP contribution in [0.5, 0.6) is 5.75 Å². The molecular weight excluding hydrogens is 769 g/mol. The summed E-state index contributed by atoms with van der Waals surface area (Å²) in [6.07, 6.45) is 2.20. The topological polar surface area (TPSA) is 204 Å². The summed E-state index contributed by atoms with van der Waals surface area (Å²) in [5.41, 5.74) is 6.40. The highest BCUT2D eigenvalue weighted by molar-refractivity contribution is 6.07. The summed E-state index contributed by atoms with van der Waals surface area (Å²) in [6.45, 7) is 9.60. The molecule has 16 heteroatoms. The van der Waals surface area contributed by atoms with Gasteiger partial charge in [-0.05, 0) is 98.7 Å². The smallest absolute Gasteiger partial charge is 0.407 e. The Morgan fingerprint density at radius 2 is 1.47 bits per heavy atom. The van der Waals surface area contributed by atoms with Crippen molar-refractivity contribution in [1.29, 1.82) is 0 Å². The Balaban J connectivity index is 1.05. The normalized spacial score (nSPS) is 21.3. The standard InChI is InChI=1S/C44H52N8O8/c1-21(2)36(49-43(56)58-6)41(54)51-22(3)8-14-33(51)39-45-19-32(47-39)26-10-12-28-27(16-26)20-60-35-18-29-25(17-30(28)35)11-13-31-38(29)48-40(46-31)34-15-9-23(4)52(34)42(55)37(24(5)53)50-44(57)59-7/h10-13,16-19,21-24,33-34,36-37,53H,8-9,14-15,20H2,1-7H3,(H,45,47)(H,46,48)(H,49,56)(H,50,57)/t22-,23-,24?,33?,34?,36-,37-/m0/s1.